The molecular weight excluding hydrogens is 374 g/mol. The Kier molecular flexibility index (Phi) is 7.41. The summed E-state index contributed by atoms with van der Waals surface area (Å²) < 4.78 is 0. The average Bonchev–Trinajstić information content (AvgIpc) is 2.75. The molecule has 0 saturated heterocycles. The quantitative estimate of drug-likeness (QED) is 0.211. The van der Waals surface area contributed by atoms with Crippen LogP contribution >= 0.6 is 12.2 Å². The summed E-state index contributed by atoms with van der Waals surface area (Å²) in [6.07, 6.45) is 8.12. The number of rotatable bonds is 6. The van der Waals surface area contributed by atoms with Gasteiger partial charge in [-0.3, -0.25) is 0 Å². The van der Waals surface area contributed by atoms with Crippen molar-refractivity contribution in [1.82, 2.24) is 9.97 Å². The lowest BCUT2D eigenvalue weighted by Gasteiger charge is -2.07. The second-order valence-corrected chi connectivity index (χ2v) is 7.08. The minimum absolute atomic E-state index is 0.454. The number of benzene rings is 2. The van der Waals surface area contributed by atoms with E-state index in [9.17, 15) is 0 Å². The molecule has 29 heavy (non-hydrogen) atoms. The van der Waals surface area contributed by atoms with Crippen molar-refractivity contribution in [3.05, 3.63) is 77.4 Å². The van der Waals surface area contributed by atoms with Crippen LogP contribution in [0.15, 0.2) is 59.9 Å². The summed E-state index contributed by atoms with van der Waals surface area (Å²) in [5.74, 6) is 6.61. The molecule has 0 fully saturated rings. The molecule has 0 aliphatic heterocycles. The summed E-state index contributed by atoms with van der Waals surface area (Å²) in [5.41, 5.74) is 6.50. The van der Waals surface area contributed by atoms with Crippen LogP contribution in [0, 0.1) is 18.8 Å². The van der Waals surface area contributed by atoms with Crippen molar-refractivity contribution in [2.45, 2.75) is 39.5 Å². The normalized spacial score (nSPS) is 10.0. The molecule has 0 N–H and O–H groups in total. The van der Waals surface area contributed by atoms with Crippen molar-refractivity contribution in [3.63, 3.8) is 0 Å². The number of aliphatic imine (C=N–C) groups is 1. The van der Waals surface area contributed by atoms with Crippen molar-refractivity contribution in [3.8, 4) is 23.0 Å². The second-order valence-electron chi connectivity index (χ2n) is 6.90. The minimum atomic E-state index is 0.454. The third-order valence-electron chi connectivity index (χ3n) is 4.70. The average molecular weight is 398 g/mol. The molecule has 1 aromatic heterocycles. The van der Waals surface area contributed by atoms with Gasteiger partial charge in [-0.15, -0.1) is 0 Å². The fraction of sp³-hybridized carbons (Fsp3) is 0.240. The second kappa shape index (κ2) is 10.4. The number of nitrogens with zero attached hydrogens (tertiary/aromatic N) is 3. The Bertz CT molecular complexity index is 1070. The zero-order valence-corrected chi connectivity index (χ0v) is 17.6. The topological polar surface area (TPSA) is 38.1 Å². The van der Waals surface area contributed by atoms with Crippen molar-refractivity contribution in [1.29, 1.82) is 0 Å². The first-order chi connectivity index (χ1) is 14.2. The lowest BCUT2D eigenvalue weighted by atomic mass is 9.98. The molecule has 0 atom stereocenters. The largest absolute Gasteiger partial charge is 0.227 e. The molecule has 2 aromatic carbocycles. The highest BCUT2D eigenvalue weighted by molar-refractivity contribution is 7.78. The van der Waals surface area contributed by atoms with Crippen molar-refractivity contribution < 1.29 is 0 Å². The van der Waals surface area contributed by atoms with Gasteiger partial charge in [0.25, 0.3) is 0 Å². The molecule has 3 rings (SSSR count). The van der Waals surface area contributed by atoms with Crippen LogP contribution in [0.3, 0.4) is 0 Å². The summed E-state index contributed by atoms with van der Waals surface area (Å²) in [6, 6.07) is 15.2. The molecule has 1 heterocycles. The molecule has 3 nitrogen and oxygen atoms in total. The van der Waals surface area contributed by atoms with Gasteiger partial charge in [0.1, 0.15) is 5.69 Å². The molecular formula is C25H23N3S. The number of aryl methyl sites for hydroxylation is 2. The van der Waals surface area contributed by atoms with Crippen LogP contribution in [0.1, 0.15) is 48.7 Å². The molecule has 144 valence electrons. The van der Waals surface area contributed by atoms with E-state index in [0.29, 0.717) is 11.5 Å². The molecule has 0 radical (unpaired) electrons. The first-order valence-electron chi connectivity index (χ1n) is 9.81. The third kappa shape index (κ3) is 5.93. The van der Waals surface area contributed by atoms with Gasteiger partial charge in [0.05, 0.1) is 17.6 Å². The van der Waals surface area contributed by atoms with Gasteiger partial charge in [0.2, 0.25) is 5.82 Å². The maximum Gasteiger partial charge on any atom is 0.205 e. The number of aromatic nitrogens is 2. The lowest BCUT2D eigenvalue weighted by Crippen LogP contribution is -1.89. The van der Waals surface area contributed by atoms with Crippen LogP contribution in [0.5, 0.6) is 0 Å². The van der Waals surface area contributed by atoms with E-state index in [1.807, 2.05) is 0 Å². The predicted molar refractivity (Wildman–Crippen MR) is 123 cm³/mol. The molecule has 4 heteroatoms. The molecule has 0 spiro atoms. The number of unbranched alkanes of at least 4 members (excludes halogenated alkanes) is 2. The Hall–Kier alpha value is -3.12. The SMILES string of the molecule is CCCCCc1ccc(-c2ccc(C#Cc3ncc(N=C=S)cn3)c(C)c2)cc1. The van der Waals surface area contributed by atoms with E-state index in [1.54, 1.807) is 12.4 Å². The molecule has 0 bridgehead atoms. The fourth-order valence-corrected chi connectivity index (χ4v) is 3.15. The van der Waals surface area contributed by atoms with Crippen LogP contribution in [0.2, 0.25) is 0 Å². The highest BCUT2D eigenvalue weighted by Crippen LogP contribution is 2.23. The third-order valence-corrected chi connectivity index (χ3v) is 4.80. The van der Waals surface area contributed by atoms with E-state index in [1.165, 1.54) is 36.0 Å². The van der Waals surface area contributed by atoms with Gasteiger partial charge in [0, 0.05) is 5.56 Å². The van der Waals surface area contributed by atoms with E-state index in [4.69, 9.17) is 0 Å². The van der Waals surface area contributed by atoms with Crippen LogP contribution in [-0.2, 0) is 6.42 Å². The Morgan fingerprint density at radius 2 is 1.66 bits per heavy atom. The highest BCUT2D eigenvalue weighted by atomic mass is 32.1. The zero-order valence-electron chi connectivity index (χ0n) is 16.8. The van der Waals surface area contributed by atoms with E-state index in [2.05, 4.69) is 100 Å². The number of thiocarbonyl (C=S) groups is 1. The molecule has 0 aliphatic rings. The summed E-state index contributed by atoms with van der Waals surface area (Å²) >= 11 is 4.57. The van der Waals surface area contributed by atoms with Crippen molar-refractivity contribution in [2.75, 3.05) is 0 Å². The number of hydrogen-bond acceptors (Lipinski definition) is 4. The fourth-order valence-electron chi connectivity index (χ4n) is 3.05. The zero-order chi connectivity index (χ0) is 20.5. The lowest BCUT2D eigenvalue weighted by molar-refractivity contribution is 0.717. The Morgan fingerprint density at radius 3 is 2.31 bits per heavy atom. The summed E-state index contributed by atoms with van der Waals surface area (Å²) in [4.78, 5) is 12.2. The van der Waals surface area contributed by atoms with Gasteiger partial charge in [-0.05, 0) is 66.2 Å². The molecule has 0 amide bonds. The van der Waals surface area contributed by atoms with Gasteiger partial charge >= 0.3 is 0 Å². The Morgan fingerprint density at radius 1 is 0.931 bits per heavy atom. The van der Waals surface area contributed by atoms with Gasteiger partial charge in [-0.2, -0.15) is 4.99 Å². The maximum absolute atomic E-state index is 4.57. The summed E-state index contributed by atoms with van der Waals surface area (Å²) in [7, 11) is 0. The monoisotopic (exact) mass is 397 g/mol. The smallest absolute Gasteiger partial charge is 0.205 e. The van der Waals surface area contributed by atoms with Crippen LogP contribution in [0.25, 0.3) is 11.1 Å². The van der Waals surface area contributed by atoms with E-state index in [-0.39, 0.29) is 0 Å². The minimum Gasteiger partial charge on any atom is -0.227 e. The van der Waals surface area contributed by atoms with Gasteiger partial charge in [0.15, 0.2) is 0 Å². The van der Waals surface area contributed by atoms with Crippen LogP contribution in [-0.4, -0.2) is 15.1 Å². The van der Waals surface area contributed by atoms with Gasteiger partial charge in [-0.1, -0.05) is 62.1 Å². The molecule has 0 unspecified atom stereocenters. The Labute approximate surface area is 178 Å². The standard InChI is InChI=1S/C25H23N3S/c1-3-4-5-6-20-7-9-22(10-8-20)23-12-11-21(19(2)15-23)13-14-25-26-16-24(17-27-25)28-18-29/h7-12,15-17H,3-6H2,1-2H3. The molecule has 3 aromatic rings. The van der Waals surface area contributed by atoms with Crippen molar-refractivity contribution >= 4 is 23.1 Å². The van der Waals surface area contributed by atoms with E-state index < -0.39 is 0 Å². The van der Waals surface area contributed by atoms with Crippen molar-refractivity contribution in [2.24, 2.45) is 4.99 Å². The van der Waals surface area contributed by atoms with Crippen LogP contribution in [0.4, 0.5) is 5.69 Å². The molecule has 0 saturated carbocycles. The van der Waals surface area contributed by atoms with E-state index >= 15 is 0 Å². The first kappa shape index (κ1) is 20.6. The molecule has 0 aliphatic carbocycles. The summed E-state index contributed by atoms with van der Waals surface area (Å²) in [6.45, 7) is 4.31. The number of hydrogen-bond donors (Lipinski definition) is 0. The number of isothiocyanates is 1. The summed E-state index contributed by atoms with van der Waals surface area (Å²) in [5, 5.41) is 2.29. The highest BCUT2D eigenvalue weighted by Gasteiger charge is 2.02. The first-order valence-corrected chi connectivity index (χ1v) is 10.2. The Balaban J connectivity index is 1.73. The maximum atomic E-state index is 4.57. The van der Waals surface area contributed by atoms with Crippen LogP contribution < -0.4 is 0 Å². The van der Waals surface area contributed by atoms with Gasteiger partial charge < -0.3 is 0 Å². The van der Waals surface area contributed by atoms with Gasteiger partial charge in [-0.25, -0.2) is 9.97 Å². The van der Waals surface area contributed by atoms with E-state index in [0.717, 1.165) is 17.5 Å². The predicted octanol–water partition coefficient (Wildman–Crippen LogP) is 6.32.